The third-order valence-electron chi connectivity index (χ3n) is 1.37. The van der Waals surface area contributed by atoms with Crippen molar-refractivity contribution in [1.82, 2.24) is 4.98 Å². The van der Waals surface area contributed by atoms with E-state index < -0.39 is 29.1 Å². The van der Waals surface area contributed by atoms with E-state index in [9.17, 15) is 18.0 Å². The van der Waals surface area contributed by atoms with E-state index >= 15 is 0 Å². The van der Waals surface area contributed by atoms with Gasteiger partial charge in [0.05, 0.1) is 0 Å². The van der Waals surface area contributed by atoms with Crippen molar-refractivity contribution < 1.29 is 17.9 Å². The number of nitrogens with zero attached hydrogens (tertiary/aromatic N) is 1. The molecule has 1 aromatic heterocycles. The summed E-state index contributed by atoms with van der Waals surface area (Å²) in [7, 11) is 0. The fourth-order valence-corrected chi connectivity index (χ4v) is 0.876. The van der Waals surface area contributed by atoms with Crippen LogP contribution in [0.5, 0.6) is 5.75 Å². The van der Waals surface area contributed by atoms with Crippen molar-refractivity contribution in [3.05, 3.63) is 22.0 Å². The highest BCUT2D eigenvalue weighted by molar-refractivity contribution is 5.56. The molecule has 1 rings (SSSR count). The van der Waals surface area contributed by atoms with Gasteiger partial charge in [0.1, 0.15) is 17.5 Å². The lowest BCUT2D eigenvalue weighted by molar-refractivity contribution is -0.274. The Balaban J connectivity index is 3.29. The number of nitrogens with one attached hydrogen (secondary N) is 1. The van der Waals surface area contributed by atoms with Crippen molar-refractivity contribution in [3.63, 3.8) is 0 Å². The van der Waals surface area contributed by atoms with Crippen LogP contribution in [0.25, 0.3) is 0 Å². The third-order valence-corrected chi connectivity index (χ3v) is 1.37. The van der Waals surface area contributed by atoms with Gasteiger partial charge in [0.25, 0.3) is 5.56 Å². The average molecular weight is 219 g/mol. The maximum Gasteiger partial charge on any atom is 0.573 e. The minimum Gasteiger partial charge on any atom is -0.404 e. The molecule has 1 aromatic rings. The molecule has 0 amide bonds. The maximum absolute atomic E-state index is 11.8. The highest BCUT2D eigenvalue weighted by Gasteiger charge is 2.32. The molecular formula is C7H4F3N3O2. The Bertz CT molecular complexity index is 472. The van der Waals surface area contributed by atoms with Crippen LogP contribution in [0.1, 0.15) is 5.56 Å². The van der Waals surface area contributed by atoms with Crippen LogP contribution in [0, 0.1) is 11.3 Å². The summed E-state index contributed by atoms with van der Waals surface area (Å²) in [5.74, 6) is -1.38. The number of alkyl halides is 3. The molecule has 0 aliphatic carbocycles. The van der Waals surface area contributed by atoms with Crippen LogP contribution in [-0.4, -0.2) is 11.3 Å². The second kappa shape index (κ2) is 3.53. The van der Waals surface area contributed by atoms with Crippen LogP contribution >= 0.6 is 0 Å². The standard InChI is InChI=1S/C7H4F3N3O2/c8-7(9,10)15-4-1-5(14)13-6(12)3(4)2-11/h1H,(H3,12,13,14). The monoisotopic (exact) mass is 219 g/mol. The summed E-state index contributed by atoms with van der Waals surface area (Å²) >= 11 is 0. The molecule has 0 radical (unpaired) electrons. The van der Waals surface area contributed by atoms with Gasteiger partial charge >= 0.3 is 6.36 Å². The van der Waals surface area contributed by atoms with Crippen molar-refractivity contribution in [1.29, 1.82) is 5.26 Å². The molecule has 80 valence electrons. The molecule has 0 spiro atoms. The molecular weight excluding hydrogens is 215 g/mol. The minimum absolute atomic E-state index is 0.468. The largest absolute Gasteiger partial charge is 0.573 e. The van der Waals surface area contributed by atoms with Gasteiger partial charge in [-0.1, -0.05) is 0 Å². The van der Waals surface area contributed by atoms with Gasteiger partial charge in [-0.05, 0) is 0 Å². The Morgan fingerprint density at radius 1 is 1.53 bits per heavy atom. The second-order valence-electron chi connectivity index (χ2n) is 2.45. The van der Waals surface area contributed by atoms with Gasteiger partial charge in [-0.25, -0.2) is 0 Å². The lowest BCUT2D eigenvalue weighted by Crippen LogP contribution is -2.20. The number of rotatable bonds is 1. The highest BCUT2D eigenvalue weighted by atomic mass is 19.4. The van der Waals surface area contributed by atoms with Gasteiger partial charge in [-0.2, -0.15) is 5.26 Å². The number of hydrogen-bond donors (Lipinski definition) is 2. The predicted molar refractivity (Wildman–Crippen MR) is 42.9 cm³/mol. The maximum atomic E-state index is 11.8. The molecule has 8 heteroatoms. The van der Waals surface area contributed by atoms with E-state index in [1.165, 1.54) is 6.07 Å². The molecule has 15 heavy (non-hydrogen) atoms. The number of ether oxygens (including phenoxy) is 1. The lowest BCUT2D eigenvalue weighted by Gasteiger charge is -2.10. The summed E-state index contributed by atoms with van der Waals surface area (Å²) < 4.78 is 39.0. The Morgan fingerprint density at radius 3 is 2.60 bits per heavy atom. The lowest BCUT2D eigenvalue weighted by atomic mass is 10.2. The molecule has 0 bridgehead atoms. The minimum atomic E-state index is -4.98. The fraction of sp³-hybridized carbons (Fsp3) is 0.143. The molecule has 0 fully saturated rings. The number of H-pyrrole nitrogens is 1. The third kappa shape index (κ3) is 2.63. The molecule has 0 saturated carbocycles. The average Bonchev–Trinajstić information content (AvgIpc) is 1.99. The molecule has 5 nitrogen and oxygen atoms in total. The Hall–Kier alpha value is -2.17. The van der Waals surface area contributed by atoms with E-state index in [1.807, 2.05) is 4.98 Å². The van der Waals surface area contributed by atoms with E-state index in [1.54, 1.807) is 0 Å². The number of pyridine rings is 1. The summed E-state index contributed by atoms with van der Waals surface area (Å²) in [4.78, 5) is 12.7. The first-order chi connectivity index (χ1) is 6.83. The zero-order chi connectivity index (χ0) is 11.6. The topological polar surface area (TPSA) is 91.9 Å². The van der Waals surface area contributed by atoms with Crippen LogP contribution in [0.4, 0.5) is 19.0 Å². The molecule has 0 aliphatic rings. The summed E-state index contributed by atoms with van der Waals surface area (Å²) in [5.41, 5.74) is 3.68. The van der Waals surface area contributed by atoms with Crippen LogP contribution in [-0.2, 0) is 0 Å². The Kier molecular flexibility index (Phi) is 2.57. The number of nitrogens with two attached hydrogens (primary N) is 1. The molecule has 0 unspecified atom stereocenters. The van der Waals surface area contributed by atoms with Crippen LogP contribution in [0.3, 0.4) is 0 Å². The van der Waals surface area contributed by atoms with Gasteiger partial charge in [0.2, 0.25) is 0 Å². The summed E-state index contributed by atoms with van der Waals surface area (Å²) in [6.07, 6.45) is -4.98. The first-order valence-corrected chi connectivity index (χ1v) is 3.52. The van der Waals surface area contributed by atoms with Crippen molar-refractivity contribution in [2.75, 3.05) is 5.73 Å². The van der Waals surface area contributed by atoms with E-state index in [4.69, 9.17) is 11.0 Å². The summed E-state index contributed by atoms with van der Waals surface area (Å²) in [6.45, 7) is 0. The van der Waals surface area contributed by atoms with Gasteiger partial charge < -0.3 is 15.5 Å². The van der Waals surface area contributed by atoms with Gasteiger partial charge in [0.15, 0.2) is 5.75 Å². The first kappa shape index (κ1) is 10.9. The number of nitrogen functional groups attached to an aromatic ring is 1. The number of anilines is 1. The molecule has 0 saturated heterocycles. The zero-order valence-electron chi connectivity index (χ0n) is 7.05. The SMILES string of the molecule is N#Cc1c(OC(F)(F)F)cc(=O)[nH]c1N. The van der Waals surface area contributed by atoms with Crippen molar-refractivity contribution >= 4 is 5.82 Å². The smallest absolute Gasteiger partial charge is 0.404 e. The number of hydrogen-bond acceptors (Lipinski definition) is 4. The molecule has 0 aromatic carbocycles. The fourth-order valence-electron chi connectivity index (χ4n) is 0.876. The summed E-state index contributed by atoms with van der Waals surface area (Å²) in [5, 5.41) is 8.49. The van der Waals surface area contributed by atoms with Crippen molar-refractivity contribution in [3.8, 4) is 11.8 Å². The highest BCUT2D eigenvalue weighted by Crippen LogP contribution is 2.26. The molecule has 0 atom stereocenters. The zero-order valence-corrected chi connectivity index (χ0v) is 7.05. The molecule has 1 heterocycles. The predicted octanol–water partition coefficient (Wildman–Crippen LogP) is 0.727. The molecule has 3 N–H and O–H groups in total. The van der Waals surface area contributed by atoms with E-state index in [-0.39, 0.29) is 0 Å². The van der Waals surface area contributed by atoms with Gasteiger partial charge in [-0.3, -0.25) is 4.79 Å². The quantitative estimate of drug-likeness (QED) is 0.728. The number of nitriles is 1. The van der Waals surface area contributed by atoms with Crippen molar-refractivity contribution in [2.24, 2.45) is 0 Å². The Labute approximate surface area is 80.9 Å². The van der Waals surface area contributed by atoms with Crippen LogP contribution in [0.15, 0.2) is 10.9 Å². The Morgan fingerprint density at radius 2 is 2.13 bits per heavy atom. The summed E-state index contributed by atoms with van der Waals surface area (Å²) in [6, 6.07) is 1.90. The first-order valence-electron chi connectivity index (χ1n) is 3.52. The van der Waals surface area contributed by atoms with Gasteiger partial charge in [-0.15, -0.1) is 13.2 Å². The van der Waals surface area contributed by atoms with E-state index in [0.29, 0.717) is 6.07 Å². The second-order valence-corrected chi connectivity index (χ2v) is 2.45. The number of aromatic nitrogens is 1. The molecule has 0 aliphatic heterocycles. The van der Waals surface area contributed by atoms with Crippen LogP contribution < -0.4 is 16.0 Å². The van der Waals surface area contributed by atoms with Crippen molar-refractivity contribution in [2.45, 2.75) is 6.36 Å². The number of aromatic amines is 1. The number of halogens is 3. The van der Waals surface area contributed by atoms with E-state index in [2.05, 4.69) is 4.74 Å². The van der Waals surface area contributed by atoms with E-state index in [0.717, 1.165) is 0 Å². The normalized spacial score (nSPS) is 10.8. The van der Waals surface area contributed by atoms with Gasteiger partial charge in [0, 0.05) is 6.07 Å². The van der Waals surface area contributed by atoms with Crippen LogP contribution in [0.2, 0.25) is 0 Å².